The third kappa shape index (κ3) is 3.31. The lowest BCUT2D eigenvalue weighted by Gasteiger charge is -2.09. The first-order chi connectivity index (χ1) is 5.29. The number of carbonyl (C=O) groups excluding carboxylic acids is 1. The van der Waals surface area contributed by atoms with E-state index >= 15 is 0 Å². The smallest absolute Gasteiger partial charge is 0.245 e. The molecule has 0 spiro atoms. The number of nitrogens with one attached hydrogen (secondary N) is 2. The minimum atomic E-state index is -0.455. The Balaban J connectivity index is 1.98. The summed E-state index contributed by atoms with van der Waals surface area (Å²) in [5.41, 5.74) is 7.61. The van der Waals surface area contributed by atoms with Gasteiger partial charge in [0, 0.05) is 12.6 Å². The number of primary amides is 1. The summed E-state index contributed by atoms with van der Waals surface area (Å²) in [5.74, 6) is -0.455. The largest absolute Gasteiger partial charge is 0.368 e. The zero-order valence-electron chi connectivity index (χ0n) is 6.30. The van der Waals surface area contributed by atoms with E-state index in [0.29, 0.717) is 6.04 Å². The van der Waals surface area contributed by atoms with E-state index in [1.54, 1.807) is 0 Å². The van der Waals surface area contributed by atoms with Gasteiger partial charge in [0.2, 0.25) is 5.91 Å². The van der Waals surface area contributed by atoms with E-state index in [-0.39, 0.29) is 6.61 Å². The second-order valence-electron chi connectivity index (χ2n) is 2.56. The van der Waals surface area contributed by atoms with Crippen molar-refractivity contribution in [2.24, 2.45) is 5.73 Å². The number of carbonyl (C=O) groups is 1. The highest BCUT2D eigenvalue weighted by Crippen LogP contribution is 1.95. The average Bonchev–Trinajstić information content (AvgIpc) is 2.39. The first kappa shape index (κ1) is 8.45. The molecular formula is C6H13N3O2. The van der Waals surface area contributed by atoms with E-state index in [0.717, 1.165) is 19.5 Å². The molecule has 1 rings (SSSR count). The fraction of sp³-hybridized carbons (Fsp3) is 0.833. The van der Waals surface area contributed by atoms with Gasteiger partial charge in [-0.15, -0.1) is 0 Å². The van der Waals surface area contributed by atoms with Crippen LogP contribution < -0.4 is 16.5 Å². The van der Waals surface area contributed by atoms with E-state index in [9.17, 15) is 4.79 Å². The van der Waals surface area contributed by atoms with E-state index < -0.39 is 5.91 Å². The quantitative estimate of drug-likeness (QED) is 0.430. The summed E-state index contributed by atoms with van der Waals surface area (Å²) in [6.07, 6.45) is 1.03. The summed E-state index contributed by atoms with van der Waals surface area (Å²) in [7, 11) is 0. The first-order valence-corrected chi connectivity index (χ1v) is 3.65. The third-order valence-corrected chi connectivity index (χ3v) is 1.52. The molecule has 1 saturated heterocycles. The van der Waals surface area contributed by atoms with Gasteiger partial charge in [0.1, 0.15) is 6.61 Å². The van der Waals surface area contributed by atoms with Gasteiger partial charge in [0.05, 0.1) is 0 Å². The molecule has 1 fully saturated rings. The van der Waals surface area contributed by atoms with Crippen LogP contribution in [-0.2, 0) is 9.63 Å². The van der Waals surface area contributed by atoms with E-state index in [4.69, 9.17) is 10.6 Å². The summed E-state index contributed by atoms with van der Waals surface area (Å²) < 4.78 is 0. The molecule has 0 aromatic heterocycles. The Labute approximate surface area is 65.2 Å². The Morgan fingerprint density at radius 2 is 2.64 bits per heavy atom. The topological polar surface area (TPSA) is 76.4 Å². The number of amides is 1. The highest BCUT2D eigenvalue weighted by Gasteiger charge is 2.13. The van der Waals surface area contributed by atoms with Gasteiger partial charge >= 0.3 is 0 Å². The molecule has 4 N–H and O–H groups in total. The molecule has 0 aromatic rings. The van der Waals surface area contributed by atoms with E-state index in [1.165, 1.54) is 0 Å². The number of hydrogen-bond acceptors (Lipinski definition) is 4. The normalized spacial score (nSPS) is 23.8. The second kappa shape index (κ2) is 4.27. The SMILES string of the molecule is NC(=O)CONC1CCNC1. The zero-order chi connectivity index (χ0) is 8.10. The minimum Gasteiger partial charge on any atom is -0.368 e. The predicted molar refractivity (Wildman–Crippen MR) is 39.6 cm³/mol. The Bertz CT molecular complexity index is 134. The van der Waals surface area contributed by atoms with Crippen molar-refractivity contribution in [3.05, 3.63) is 0 Å². The van der Waals surface area contributed by atoms with Crippen molar-refractivity contribution >= 4 is 5.91 Å². The van der Waals surface area contributed by atoms with Crippen LogP contribution in [0.1, 0.15) is 6.42 Å². The van der Waals surface area contributed by atoms with E-state index in [1.807, 2.05) is 0 Å². The van der Waals surface area contributed by atoms with Crippen LogP contribution in [0.15, 0.2) is 0 Å². The van der Waals surface area contributed by atoms with Crippen LogP contribution in [-0.4, -0.2) is 31.6 Å². The van der Waals surface area contributed by atoms with Gasteiger partial charge in [-0.25, -0.2) is 0 Å². The summed E-state index contributed by atoms with van der Waals surface area (Å²) in [5, 5.41) is 3.15. The summed E-state index contributed by atoms with van der Waals surface area (Å²) in [4.78, 5) is 15.0. The molecule has 1 heterocycles. The van der Waals surface area contributed by atoms with Crippen molar-refractivity contribution in [1.29, 1.82) is 0 Å². The molecule has 5 nitrogen and oxygen atoms in total. The summed E-state index contributed by atoms with van der Waals surface area (Å²) in [6.45, 7) is 1.83. The number of rotatable bonds is 4. The number of nitrogens with two attached hydrogens (primary N) is 1. The molecule has 1 atom stereocenters. The van der Waals surface area contributed by atoms with Crippen LogP contribution in [0.2, 0.25) is 0 Å². The molecule has 0 aromatic carbocycles. The molecule has 1 aliphatic heterocycles. The van der Waals surface area contributed by atoms with Gasteiger partial charge in [0.25, 0.3) is 0 Å². The molecule has 5 heteroatoms. The molecule has 0 radical (unpaired) electrons. The zero-order valence-corrected chi connectivity index (χ0v) is 6.30. The van der Waals surface area contributed by atoms with Gasteiger partial charge in [0.15, 0.2) is 0 Å². The van der Waals surface area contributed by atoms with Crippen molar-refractivity contribution < 1.29 is 9.63 Å². The molecule has 1 unspecified atom stereocenters. The Morgan fingerprint density at radius 3 is 3.18 bits per heavy atom. The van der Waals surface area contributed by atoms with Crippen molar-refractivity contribution in [2.45, 2.75) is 12.5 Å². The van der Waals surface area contributed by atoms with Gasteiger partial charge < -0.3 is 11.1 Å². The molecule has 11 heavy (non-hydrogen) atoms. The van der Waals surface area contributed by atoms with Gasteiger partial charge in [-0.3, -0.25) is 9.63 Å². The molecule has 0 bridgehead atoms. The maximum atomic E-state index is 10.2. The lowest BCUT2D eigenvalue weighted by molar-refractivity contribution is -0.125. The highest BCUT2D eigenvalue weighted by molar-refractivity contribution is 5.74. The Kier molecular flexibility index (Phi) is 3.28. The first-order valence-electron chi connectivity index (χ1n) is 3.65. The molecule has 64 valence electrons. The van der Waals surface area contributed by atoms with Crippen LogP contribution in [0.5, 0.6) is 0 Å². The standard InChI is InChI=1S/C6H13N3O2/c7-6(10)4-11-9-5-1-2-8-3-5/h5,8-9H,1-4H2,(H2,7,10). The number of hydroxylamine groups is 1. The van der Waals surface area contributed by atoms with Crippen molar-refractivity contribution in [3.8, 4) is 0 Å². The summed E-state index contributed by atoms with van der Waals surface area (Å²) >= 11 is 0. The minimum absolute atomic E-state index is 0.0590. The van der Waals surface area contributed by atoms with Gasteiger partial charge in [-0.05, 0) is 13.0 Å². The summed E-state index contributed by atoms with van der Waals surface area (Å²) in [6, 6.07) is 0.314. The van der Waals surface area contributed by atoms with Gasteiger partial charge in [-0.2, -0.15) is 5.48 Å². The van der Waals surface area contributed by atoms with Crippen LogP contribution in [0.4, 0.5) is 0 Å². The van der Waals surface area contributed by atoms with Crippen molar-refractivity contribution in [2.75, 3.05) is 19.7 Å². The maximum absolute atomic E-state index is 10.2. The van der Waals surface area contributed by atoms with Crippen LogP contribution in [0, 0.1) is 0 Å². The lowest BCUT2D eigenvalue weighted by Crippen LogP contribution is -2.34. The Morgan fingerprint density at radius 1 is 1.82 bits per heavy atom. The fourth-order valence-corrected chi connectivity index (χ4v) is 0.986. The van der Waals surface area contributed by atoms with Crippen LogP contribution in [0.3, 0.4) is 0 Å². The molecule has 1 amide bonds. The monoisotopic (exact) mass is 159 g/mol. The van der Waals surface area contributed by atoms with Crippen molar-refractivity contribution in [3.63, 3.8) is 0 Å². The Hall–Kier alpha value is -0.650. The van der Waals surface area contributed by atoms with Crippen molar-refractivity contribution in [1.82, 2.24) is 10.8 Å². The third-order valence-electron chi connectivity index (χ3n) is 1.52. The van der Waals surface area contributed by atoms with E-state index in [2.05, 4.69) is 10.8 Å². The van der Waals surface area contributed by atoms with Gasteiger partial charge in [-0.1, -0.05) is 0 Å². The molecule has 0 aliphatic carbocycles. The highest BCUT2D eigenvalue weighted by atomic mass is 16.6. The second-order valence-corrected chi connectivity index (χ2v) is 2.56. The molecular weight excluding hydrogens is 146 g/mol. The van der Waals surface area contributed by atoms with Crippen LogP contribution in [0.25, 0.3) is 0 Å². The average molecular weight is 159 g/mol. The molecule has 1 aliphatic rings. The molecule has 0 saturated carbocycles. The number of hydrogen-bond donors (Lipinski definition) is 3. The fourth-order valence-electron chi connectivity index (χ4n) is 0.986. The van der Waals surface area contributed by atoms with Crippen LogP contribution >= 0.6 is 0 Å². The lowest BCUT2D eigenvalue weighted by atomic mass is 10.3. The maximum Gasteiger partial charge on any atom is 0.245 e. The predicted octanol–water partition coefficient (Wildman–Crippen LogP) is -1.65.